The van der Waals surface area contributed by atoms with Crippen molar-refractivity contribution in [3.63, 3.8) is 0 Å². The van der Waals surface area contributed by atoms with Crippen molar-refractivity contribution in [2.24, 2.45) is 0 Å². The zero-order valence-corrected chi connectivity index (χ0v) is 11.9. The summed E-state index contributed by atoms with van der Waals surface area (Å²) in [6.45, 7) is 1.97. The van der Waals surface area contributed by atoms with Crippen LogP contribution < -0.4 is 5.32 Å². The average molecular weight is 289 g/mol. The number of piperidine rings is 1. The van der Waals surface area contributed by atoms with Crippen molar-refractivity contribution in [3.05, 3.63) is 34.9 Å². The van der Waals surface area contributed by atoms with E-state index in [2.05, 4.69) is 5.32 Å². The van der Waals surface area contributed by atoms with Crippen molar-refractivity contribution in [1.82, 2.24) is 10.2 Å². The third-order valence-corrected chi connectivity index (χ3v) is 3.48. The first-order chi connectivity index (χ1) is 8.18. The summed E-state index contributed by atoms with van der Waals surface area (Å²) in [5, 5.41) is 3.90. The fraction of sp³-hybridized carbons (Fsp3) is 0.462. The smallest absolute Gasteiger partial charge is 0.253 e. The molecule has 1 aromatic rings. The van der Waals surface area contributed by atoms with Gasteiger partial charge in [0.05, 0.1) is 0 Å². The molecule has 0 aromatic heterocycles. The third kappa shape index (κ3) is 3.61. The van der Waals surface area contributed by atoms with E-state index in [-0.39, 0.29) is 18.3 Å². The molecule has 1 heterocycles. The molecule has 100 valence electrons. The molecular weight excluding hydrogens is 271 g/mol. The van der Waals surface area contributed by atoms with Crippen LogP contribution in [0.25, 0.3) is 0 Å². The van der Waals surface area contributed by atoms with Crippen molar-refractivity contribution < 1.29 is 4.79 Å². The van der Waals surface area contributed by atoms with Gasteiger partial charge < -0.3 is 10.2 Å². The molecule has 1 aliphatic heterocycles. The molecule has 1 amide bonds. The maximum absolute atomic E-state index is 12.2. The number of nitrogens with one attached hydrogen (secondary N) is 1. The molecule has 1 fully saturated rings. The van der Waals surface area contributed by atoms with E-state index in [4.69, 9.17) is 11.6 Å². The maximum Gasteiger partial charge on any atom is 0.253 e. The summed E-state index contributed by atoms with van der Waals surface area (Å²) in [6, 6.07) is 7.46. The molecule has 5 heteroatoms. The Kier molecular flexibility index (Phi) is 5.93. The fourth-order valence-electron chi connectivity index (χ4n) is 2.18. The Bertz CT molecular complexity index is 406. The molecule has 0 bridgehead atoms. The van der Waals surface area contributed by atoms with E-state index in [0.717, 1.165) is 25.9 Å². The summed E-state index contributed by atoms with van der Waals surface area (Å²) in [5.41, 5.74) is 0.665. The van der Waals surface area contributed by atoms with Crippen LogP contribution in [0.3, 0.4) is 0 Å². The van der Waals surface area contributed by atoms with Crippen LogP contribution in [0.15, 0.2) is 24.3 Å². The molecule has 0 radical (unpaired) electrons. The predicted octanol–water partition coefficient (Wildman–Crippen LogP) is 2.59. The lowest BCUT2D eigenvalue weighted by molar-refractivity contribution is 0.0703. The van der Waals surface area contributed by atoms with Crippen LogP contribution in [0.1, 0.15) is 23.2 Å². The van der Waals surface area contributed by atoms with Gasteiger partial charge in [0, 0.05) is 23.7 Å². The van der Waals surface area contributed by atoms with Gasteiger partial charge in [-0.3, -0.25) is 4.79 Å². The molecule has 2 rings (SSSR count). The van der Waals surface area contributed by atoms with E-state index in [1.54, 1.807) is 12.1 Å². The number of halogens is 2. The molecule has 18 heavy (non-hydrogen) atoms. The lowest BCUT2D eigenvalue weighted by atomic mass is 10.0. The molecule has 0 unspecified atom stereocenters. The highest BCUT2D eigenvalue weighted by Gasteiger charge is 2.22. The summed E-state index contributed by atoms with van der Waals surface area (Å²) in [6.07, 6.45) is 2.03. The molecule has 0 spiro atoms. The summed E-state index contributed by atoms with van der Waals surface area (Å²) < 4.78 is 0. The first kappa shape index (κ1) is 15.3. The standard InChI is InChI=1S/C13H17ClN2O.ClH/c1-16(12-5-7-15-8-6-12)13(17)10-3-2-4-11(14)9-10;/h2-4,9,12,15H,5-8H2,1H3;1H. The van der Waals surface area contributed by atoms with Crippen LogP contribution in [0.2, 0.25) is 5.02 Å². The molecule has 3 nitrogen and oxygen atoms in total. The van der Waals surface area contributed by atoms with Crippen LogP contribution in [0, 0.1) is 0 Å². The van der Waals surface area contributed by atoms with E-state index in [1.165, 1.54) is 0 Å². The van der Waals surface area contributed by atoms with Crippen molar-refractivity contribution >= 4 is 29.9 Å². The predicted molar refractivity (Wildman–Crippen MR) is 76.7 cm³/mol. The number of nitrogens with zero attached hydrogens (tertiary/aromatic N) is 1. The molecule has 1 saturated heterocycles. The number of hydrogen-bond donors (Lipinski definition) is 1. The number of carbonyl (C=O) groups is 1. The molecular formula is C13H18Cl2N2O. The molecule has 1 N–H and O–H groups in total. The lowest BCUT2D eigenvalue weighted by Crippen LogP contribution is -2.43. The first-order valence-corrected chi connectivity index (χ1v) is 6.30. The minimum atomic E-state index is 0. The lowest BCUT2D eigenvalue weighted by Gasteiger charge is -2.31. The van der Waals surface area contributed by atoms with Gasteiger partial charge in [-0.25, -0.2) is 0 Å². The van der Waals surface area contributed by atoms with Gasteiger partial charge in [0.25, 0.3) is 5.91 Å². The molecule has 1 aliphatic rings. The van der Waals surface area contributed by atoms with E-state index in [1.807, 2.05) is 24.1 Å². The summed E-state index contributed by atoms with van der Waals surface area (Å²) in [4.78, 5) is 14.1. The van der Waals surface area contributed by atoms with E-state index in [9.17, 15) is 4.79 Å². The van der Waals surface area contributed by atoms with E-state index < -0.39 is 0 Å². The van der Waals surface area contributed by atoms with Crippen LogP contribution in [-0.4, -0.2) is 37.0 Å². The Hall–Kier alpha value is -0.770. The van der Waals surface area contributed by atoms with Gasteiger partial charge in [-0.1, -0.05) is 17.7 Å². The van der Waals surface area contributed by atoms with Crippen molar-refractivity contribution in [2.45, 2.75) is 18.9 Å². The second-order valence-electron chi connectivity index (χ2n) is 4.41. The largest absolute Gasteiger partial charge is 0.339 e. The molecule has 0 aliphatic carbocycles. The number of rotatable bonds is 2. The average Bonchev–Trinajstić information content (AvgIpc) is 2.38. The number of benzene rings is 1. The van der Waals surface area contributed by atoms with Gasteiger partial charge in [-0.05, 0) is 44.1 Å². The van der Waals surface area contributed by atoms with Crippen LogP contribution in [0.4, 0.5) is 0 Å². The second-order valence-corrected chi connectivity index (χ2v) is 4.84. The Morgan fingerprint density at radius 1 is 1.39 bits per heavy atom. The summed E-state index contributed by atoms with van der Waals surface area (Å²) in [7, 11) is 1.87. The number of hydrogen-bond acceptors (Lipinski definition) is 2. The SMILES string of the molecule is CN(C(=O)c1cccc(Cl)c1)C1CCNCC1.Cl. The molecule has 0 saturated carbocycles. The van der Waals surface area contributed by atoms with Gasteiger partial charge in [0.1, 0.15) is 0 Å². The van der Waals surface area contributed by atoms with Gasteiger partial charge in [0.2, 0.25) is 0 Å². The fourth-order valence-corrected chi connectivity index (χ4v) is 2.38. The quantitative estimate of drug-likeness (QED) is 0.907. The zero-order valence-electron chi connectivity index (χ0n) is 10.4. The second kappa shape index (κ2) is 6.98. The number of amides is 1. The zero-order chi connectivity index (χ0) is 12.3. The summed E-state index contributed by atoms with van der Waals surface area (Å²) in [5.74, 6) is 0.0550. The van der Waals surface area contributed by atoms with E-state index >= 15 is 0 Å². The van der Waals surface area contributed by atoms with Gasteiger partial charge in [-0.15, -0.1) is 12.4 Å². The van der Waals surface area contributed by atoms with Gasteiger partial charge in [0.15, 0.2) is 0 Å². The highest BCUT2D eigenvalue weighted by Crippen LogP contribution is 2.16. The normalized spacial score (nSPS) is 15.9. The Labute approximate surface area is 119 Å². The van der Waals surface area contributed by atoms with Crippen molar-refractivity contribution in [1.29, 1.82) is 0 Å². The number of carbonyl (C=O) groups excluding carboxylic acids is 1. The van der Waals surface area contributed by atoms with E-state index in [0.29, 0.717) is 16.6 Å². The van der Waals surface area contributed by atoms with Crippen LogP contribution >= 0.6 is 24.0 Å². The Morgan fingerprint density at radius 3 is 2.67 bits per heavy atom. The molecule has 0 atom stereocenters. The Balaban J connectivity index is 0.00000162. The Morgan fingerprint density at radius 2 is 2.06 bits per heavy atom. The minimum absolute atomic E-state index is 0. The van der Waals surface area contributed by atoms with Gasteiger partial charge >= 0.3 is 0 Å². The third-order valence-electron chi connectivity index (χ3n) is 3.25. The van der Waals surface area contributed by atoms with Gasteiger partial charge in [-0.2, -0.15) is 0 Å². The maximum atomic E-state index is 12.2. The van der Waals surface area contributed by atoms with Crippen LogP contribution in [0.5, 0.6) is 0 Å². The van der Waals surface area contributed by atoms with Crippen molar-refractivity contribution in [3.8, 4) is 0 Å². The highest BCUT2D eigenvalue weighted by molar-refractivity contribution is 6.30. The topological polar surface area (TPSA) is 32.3 Å². The van der Waals surface area contributed by atoms with Crippen molar-refractivity contribution in [2.75, 3.05) is 20.1 Å². The highest BCUT2D eigenvalue weighted by atomic mass is 35.5. The summed E-state index contributed by atoms with van der Waals surface area (Å²) >= 11 is 5.90. The minimum Gasteiger partial charge on any atom is -0.339 e. The van der Waals surface area contributed by atoms with Crippen LogP contribution in [-0.2, 0) is 0 Å². The monoisotopic (exact) mass is 288 g/mol. The molecule has 1 aromatic carbocycles. The first-order valence-electron chi connectivity index (χ1n) is 5.92.